The number of likely N-dealkylation sites (N-methyl/N-ethyl adjacent to an activating group) is 2. The molecule has 0 aliphatic carbocycles. The van der Waals surface area contributed by atoms with Gasteiger partial charge in [-0.1, -0.05) is 98.8 Å². The molecular weight excluding hydrogens is 444 g/mol. The molecule has 0 fully saturated rings. The average molecular weight is 489 g/mol. The van der Waals surface area contributed by atoms with Crippen molar-refractivity contribution in [2.45, 2.75) is 77.9 Å². The van der Waals surface area contributed by atoms with Crippen LogP contribution in [0, 0.1) is 0 Å². The van der Waals surface area contributed by atoms with E-state index in [1.54, 1.807) is 0 Å². The smallest absolute Gasteiger partial charge is 0.0787 e. The minimum Gasteiger partial charge on any atom is -0.388 e. The zero-order valence-corrected chi connectivity index (χ0v) is 22.9. The van der Waals surface area contributed by atoms with Gasteiger partial charge >= 0.3 is 0 Å². The second kappa shape index (κ2) is 12.2. The van der Waals surface area contributed by atoms with Crippen molar-refractivity contribution in [3.8, 4) is 0 Å². The van der Waals surface area contributed by atoms with Gasteiger partial charge in [-0.2, -0.15) is 0 Å². The number of nitrogens with zero attached hydrogens (tertiary/aromatic N) is 2. The van der Waals surface area contributed by atoms with Crippen molar-refractivity contribution in [1.29, 1.82) is 0 Å². The summed E-state index contributed by atoms with van der Waals surface area (Å²) in [4.78, 5) is 4.69. The highest BCUT2D eigenvalue weighted by Crippen LogP contribution is 2.34. The lowest BCUT2D eigenvalue weighted by Gasteiger charge is -2.40. The Hall–Kier alpha value is -2.50. The number of hydrogen-bond acceptors (Lipinski definition) is 4. The van der Waals surface area contributed by atoms with Gasteiger partial charge in [-0.05, 0) is 63.0 Å². The van der Waals surface area contributed by atoms with E-state index in [9.17, 15) is 10.2 Å². The fraction of sp³-hybridized carbons (Fsp3) is 0.438. The standard InChI is InChI=1S/C32H44N2O2/c1-7-33(29(31(3,4)35)27-18-11-9-12-19-27)23-25-16-15-17-26(22-25)24-34(8-2)30(32(5,6)36)28-20-13-10-14-21-28/h9-22,29-30,35-36H,7-8,23-24H2,1-6H3/t29-,30-/m1/s1. The van der Waals surface area contributed by atoms with E-state index < -0.39 is 11.2 Å². The van der Waals surface area contributed by atoms with E-state index in [0.29, 0.717) is 0 Å². The predicted molar refractivity (Wildman–Crippen MR) is 150 cm³/mol. The monoisotopic (exact) mass is 488 g/mol. The molecule has 0 unspecified atom stereocenters. The number of aliphatic hydroxyl groups is 2. The molecule has 0 amide bonds. The van der Waals surface area contributed by atoms with Gasteiger partial charge in [0.15, 0.2) is 0 Å². The van der Waals surface area contributed by atoms with Gasteiger partial charge in [0, 0.05) is 13.1 Å². The van der Waals surface area contributed by atoms with E-state index in [2.05, 4.69) is 72.2 Å². The Morgan fingerprint density at radius 3 is 1.25 bits per heavy atom. The largest absolute Gasteiger partial charge is 0.388 e. The zero-order valence-electron chi connectivity index (χ0n) is 22.9. The summed E-state index contributed by atoms with van der Waals surface area (Å²) in [6, 6.07) is 29.1. The van der Waals surface area contributed by atoms with E-state index in [1.165, 1.54) is 11.1 Å². The summed E-state index contributed by atoms with van der Waals surface area (Å²) in [5.74, 6) is 0. The zero-order chi connectivity index (χ0) is 26.3. The van der Waals surface area contributed by atoms with Gasteiger partial charge in [-0.3, -0.25) is 9.80 Å². The molecule has 2 N–H and O–H groups in total. The second-order valence-corrected chi connectivity index (χ2v) is 10.9. The summed E-state index contributed by atoms with van der Waals surface area (Å²) in [6.07, 6.45) is 0. The van der Waals surface area contributed by atoms with Crippen LogP contribution in [0.5, 0.6) is 0 Å². The second-order valence-electron chi connectivity index (χ2n) is 10.9. The normalized spacial score (nSPS) is 14.3. The number of rotatable bonds is 12. The Bertz CT molecular complexity index is 972. The lowest BCUT2D eigenvalue weighted by molar-refractivity contribution is -0.0236. The number of benzene rings is 3. The molecule has 0 heterocycles. The first-order valence-electron chi connectivity index (χ1n) is 13.1. The molecule has 0 aromatic heterocycles. The van der Waals surface area contributed by atoms with Gasteiger partial charge in [0.1, 0.15) is 0 Å². The Morgan fingerprint density at radius 1 is 0.583 bits per heavy atom. The van der Waals surface area contributed by atoms with Crippen molar-refractivity contribution < 1.29 is 10.2 Å². The van der Waals surface area contributed by atoms with E-state index in [1.807, 2.05) is 64.1 Å². The van der Waals surface area contributed by atoms with Gasteiger partial charge in [0.05, 0.1) is 23.3 Å². The van der Waals surface area contributed by atoms with Crippen LogP contribution in [0.2, 0.25) is 0 Å². The van der Waals surface area contributed by atoms with Gasteiger partial charge in [0.2, 0.25) is 0 Å². The van der Waals surface area contributed by atoms with Crippen LogP contribution in [0.25, 0.3) is 0 Å². The lowest BCUT2D eigenvalue weighted by atomic mass is 9.89. The molecule has 3 aromatic carbocycles. The highest BCUT2D eigenvalue weighted by Gasteiger charge is 2.34. The van der Waals surface area contributed by atoms with Crippen LogP contribution < -0.4 is 0 Å². The molecule has 0 radical (unpaired) electrons. The molecule has 0 saturated heterocycles. The SMILES string of the molecule is CCN(Cc1cccc(CN(CC)[C@H](c2ccccc2)C(C)(C)O)c1)[C@H](c1ccccc1)C(C)(C)O. The maximum Gasteiger partial charge on any atom is 0.0787 e. The van der Waals surface area contributed by atoms with Crippen molar-refractivity contribution in [2.24, 2.45) is 0 Å². The van der Waals surface area contributed by atoms with Crippen LogP contribution >= 0.6 is 0 Å². The molecule has 0 aliphatic heterocycles. The van der Waals surface area contributed by atoms with Crippen molar-refractivity contribution in [2.75, 3.05) is 13.1 Å². The average Bonchev–Trinajstić information content (AvgIpc) is 2.83. The Balaban J connectivity index is 1.86. The fourth-order valence-electron chi connectivity index (χ4n) is 5.47. The molecule has 4 heteroatoms. The summed E-state index contributed by atoms with van der Waals surface area (Å²) >= 11 is 0. The van der Waals surface area contributed by atoms with Crippen LogP contribution in [0.3, 0.4) is 0 Å². The van der Waals surface area contributed by atoms with Crippen LogP contribution in [0.15, 0.2) is 84.9 Å². The number of hydrogen-bond donors (Lipinski definition) is 2. The minimum atomic E-state index is -0.885. The van der Waals surface area contributed by atoms with Crippen molar-refractivity contribution in [1.82, 2.24) is 9.80 Å². The van der Waals surface area contributed by atoms with Gasteiger partial charge < -0.3 is 10.2 Å². The van der Waals surface area contributed by atoms with Crippen molar-refractivity contribution >= 4 is 0 Å². The van der Waals surface area contributed by atoms with Crippen LogP contribution in [-0.2, 0) is 13.1 Å². The van der Waals surface area contributed by atoms with Gasteiger partial charge in [-0.25, -0.2) is 0 Å². The summed E-state index contributed by atoms with van der Waals surface area (Å²) in [5.41, 5.74) is 2.91. The molecule has 194 valence electrons. The Labute approximate surface area is 218 Å². The van der Waals surface area contributed by atoms with E-state index in [4.69, 9.17) is 0 Å². The summed E-state index contributed by atoms with van der Waals surface area (Å²) in [6.45, 7) is 15.0. The van der Waals surface area contributed by atoms with E-state index >= 15 is 0 Å². The first-order valence-corrected chi connectivity index (χ1v) is 13.1. The molecule has 4 nitrogen and oxygen atoms in total. The lowest BCUT2D eigenvalue weighted by Crippen LogP contribution is -2.42. The minimum absolute atomic E-state index is 0.114. The molecule has 3 rings (SSSR count). The maximum atomic E-state index is 11.1. The fourth-order valence-corrected chi connectivity index (χ4v) is 5.47. The highest BCUT2D eigenvalue weighted by molar-refractivity contribution is 5.27. The van der Waals surface area contributed by atoms with Gasteiger partial charge in [-0.15, -0.1) is 0 Å². The molecule has 0 bridgehead atoms. The highest BCUT2D eigenvalue weighted by atomic mass is 16.3. The molecule has 0 spiro atoms. The third-order valence-electron chi connectivity index (χ3n) is 6.87. The third kappa shape index (κ3) is 7.27. The Morgan fingerprint density at radius 2 is 0.944 bits per heavy atom. The summed E-state index contributed by atoms with van der Waals surface area (Å²) in [5, 5.41) is 22.2. The quantitative estimate of drug-likeness (QED) is 0.312. The summed E-state index contributed by atoms with van der Waals surface area (Å²) in [7, 11) is 0. The van der Waals surface area contributed by atoms with Gasteiger partial charge in [0.25, 0.3) is 0 Å². The molecule has 3 aromatic rings. The molecule has 2 atom stereocenters. The molecule has 36 heavy (non-hydrogen) atoms. The van der Waals surface area contributed by atoms with Crippen molar-refractivity contribution in [3.63, 3.8) is 0 Å². The summed E-state index contributed by atoms with van der Waals surface area (Å²) < 4.78 is 0. The molecular formula is C32H44N2O2. The third-order valence-corrected chi connectivity index (χ3v) is 6.87. The Kier molecular flexibility index (Phi) is 9.48. The molecule has 0 aliphatic rings. The van der Waals surface area contributed by atoms with Crippen LogP contribution in [0.1, 0.15) is 75.9 Å². The van der Waals surface area contributed by atoms with E-state index in [-0.39, 0.29) is 12.1 Å². The van der Waals surface area contributed by atoms with E-state index in [0.717, 1.165) is 37.3 Å². The van der Waals surface area contributed by atoms with Crippen LogP contribution in [0.4, 0.5) is 0 Å². The molecule has 0 saturated carbocycles. The first kappa shape index (κ1) is 28.1. The maximum absolute atomic E-state index is 11.1. The van der Waals surface area contributed by atoms with Crippen molar-refractivity contribution in [3.05, 3.63) is 107 Å². The topological polar surface area (TPSA) is 46.9 Å². The first-order chi connectivity index (χ1) is 17.0. The van der Waals surface area contributed by atoms with Crippen LogP contribution in [-0.4, -0.2) is 44.3 Å². The predicted octanol–water partition coefficient (Wildman–Crippen LogP) is 6.35.